The van der Waals surface area contributed by atoms with Crippen molar-refractivity contribution < 1.29 is 9.18 Å². The number of nitrogens with one attached hydrogen (secondary N) is 2. The van der Waals surface area contributed by atoms with Crippen LogP contribution in [0.2, 0.25) is 0 Å². The second kappa shape index (κ2) is 6.37. The van der Waals surface area contributed by atoms with Crippen LogP contribution in [0.1, 0.15) is 6.42 Å². The SMILES string of the molecule is Cl.O=C(Nc1ccc(N2CCNCC2)cn1)[C@H]1C[C@H]1F. The van der Waals surface area contributed by atoms with Gasteiger partial charge in [-0.1, -0.05) is 0 Å². The van der Waals surface area contributed by atoms with Crippen LogP contribution in [0.25, 0.3) is 0 Å². The lowest BCUT2D eigenvalue weighted by atomic mass is 10.3. The van der Waals surface area contributed by atoms with Gasteiger partial charge in [0.2, 0.25) is 5.91 Å². The van der Waals surface area contributed by atoms with E-state index in [4.69, 9.17) is 0 Å². The molecule has 2 atom stereocenters. The highest BCUT2D eigenvalue weighted by atomic mass is 35.5. The zero-order chi connectivity index (χ0) is 13.2. The van der Waals surface area contributed by atoms with Gasteiger partial charge in [-0.15, -0.1) is 12.4 Å². The molecule has 2 heterocycles. The fourth-order valence-electron chi connectivity index (χ4n) is 2.22. The summed E-state index contributed by atoms with van der Waals surface area (Å²) < 4.78 is 12.7. The van der Waals surface area contributed by atoms with E-state index in [-0.39, 0.29) is 18.3 Å². The molecule has 0 spiro atoms. The van der Waals surface area contributed by atoms with Crippen molar-refractivity contribution in [1.82, 2.24) is 10.3 Å². The predicted molar refractivity (Wildman–Crippen MR) is 78.2 cm³/mol. The van der Waals surface area contributed by atoms with E-state index in [1.807, 2.05) is 6.07 Å². The van der Waals surface area contributed by atoms with Crippen molar-refractivity contribution in [2.45, 2.75) is 12.6 Å². The molecule has 1 amide bonds. The van der Waals surface area contributed by atoms with E-state index in [9.17, 15) is 9.18 Å². The molecule has 7 heteroatoms. The monoisotopic (exact) mass is 300 g/mol. The Bertz CT molecular complexity index is 464. The van der Waals surface area contributed by atoms with Gasteiger partial charge in [-0.2, -0.15) is 0 Å². The third-order valence-electron chi connectivity index (χ3n) is 3.53. The van der Waals surface area contributed by atoms with Crippen molar-refractivity contribution in [2.24, 2.45) is 5.92 Å². The first-order valence-corrected chi connectivity index (χ1v) is 6.61. The molecule has 1 saturated heterocycles. The summed E-state index contributed by atoms with van der Waals surface area (Å²) in [6.45, 7) is 3.86. The molecule has 0 aromatic carbocycles. The van der Waals surface area contributed by atoms with Crippen LogP contribution in [-0.4, -0.2) is 43.2 Å². The third-order valence-corrected chi connectivity index (χ3v) is 3.53. The van der Waals surface area contributed by atoms with Crippen LogP contribution in [-0.2, 0) is 4.79 Å². The van der Waals surface area contributed by atoms with E-state index in [0.29, 0.717) is 12.2 Å². The van der Waals surface area contributed by atoms with E-state index >= 15 is 0 Å². The van der Waals surface area contributed by atoms with E-state index in [1.165, 1.54) is 0 Å². The minimum Gasteiger partial charge on any atom is -0.368 e. The zero-order valence-electron chi connectivity index (χ0n) is 11.0. The molecule has 1 aliphatic heterocycles. The van der Waals surface area contributed by atoms with Crippen LogP contribution >= 0.6 is 12.4 Å². The summed E-state index contributed by atoms with van der Waals surface area (Å²) in [5.74, 6) is -0.257. The molecule has 1 aliphatic carbocycles. The summed E-state index contributed by atoms with van der Waals surface area (Å²) in [4.78, 5) is 18.0. The quantitative estimate of drug-likeness (QED) is 0.881. The summed E-state index contributed by atoms with van der Waals surface area (Å²) in [7, 11) is 0. The van der Waals surface area contributed by atoms with Gasteiger partial charge < -0.3 is 15.5 Å². The van der Waals surface area contributed by atoms with Crippen molar-refractivity contribution in [1.29, 1.82) is 0 Å². The summed E-state index contributed by atoms with van der Waals surface area (Å²) >= 11 is 0. The number of nitrogens with zero attached hydrogens (tertiary/aromatic N) is 2. The van der Waals surface area contributed by atoms with Gasteiger partial charge in [-0.25, -0.2) is 9.37 Å². The first-order chi connectivity index (χ1) is 9.24. The lowest BCUT2D eigenvalue weighted by molar-refractivity contribution is -0.117. The molecule has 2 aliphatic rings. The topological polar surface area (TPSA) is 57.3 Å². The van der Waals surface area contributed by atoms with Crippen LogP contribution in [0.4, 0.5) is 15.9 Å². The lowest BCUT2D eigenvalue weighted by Gasteiger charge is -2.29. The number of aromatic nitrogens is 1. The first-order valence-electron chi connectivity index (χ1n) is 6.61. The molecule has 1 aromatic heterocycles. The molecule has 1 saturated carbocycles. The normalized spacial score (nSPS) is 24.8. The summed E-state index contributed by atoms with van der Waals surface area (Å²) in [6, 6.07) is 3.71. The number of rotatable bonds is 3. The maximum atomic E-state index is 12.7. The zero-order valence-corrected chi connectivity index (χ0v) is 11.8. The molecular weight excluding hydrogens is 283 g/mol. The smallest absolute Gasteiger partial charge is 0.231 e. The maximum Gasteiger partial charge on any atom is 0.231 e. The number of piperazine rings is 1. The standard InChI is InChI=1S/C13H17FN4O.ClH/c14-11-7-10(11)13(19)17-12-2-1-9(8-16-12)18-5-3-15-4-6-18;/h1-2,8,10-11,15H,3-7H2,(H,16,17,19);1H/t10-,11+;/m0./s1. The number of alkyl halides is 1. The van der Waals surface area contributed by atoms with Gasteiger partial charge in [-0.3, -0.25) is 4.79 Å². The molecular formula is C13H18ClFN4O. The molecule has 0 radical (unpaired) electrons. The molecule has 1 aromatic rings. The van der Waals surface area contributed by atoms with Crippen molar-refractivity contribution >= 4 is 29.8 Å². The van der Waals surface area contributed by atoms with E-state index < -0.39 is 12.1 Å². The molecule has 5 nitrogen and oxygen atoms in total. The molecule has 0 bridgehead atoms. The van der Waals surface area contributed by atoms with Crippen LogP contribution in [0, 0.1) is 5.92 Å². The van der Waals surface area contributed by atoms with Crippen LogP contribution < -0.4 is 15.5 Å². The van der Waals surface area contributed by atoms with Gasteiger partial charge in [0.1, 0.15) is 12.0 Å². The van der Waals surface area contributed by atoms with Gasteiger partial charge in [-0.05, 0) is 18.6 Å². The number of halogens is 2. The van der Waals surface area contributed by atoms with Crippen molar-refractivity contribution in [3.63, 3.8) is 0 Å². The molecule has 0 unspecified atom stereocenters. The highest BCUT2D eigenvalue weighted by Gasteiger charge is 2.43. The molecule has 110 valence electrons. The fourth-order valence-corrected chi connectivity index (χ4v) is 2.22. The highest BCUT2D eigenvalue weighted by Crippen LogP contribution is 2.34. The number of hydrogen-bond donors (Lipinski definition) is 2. The van der Waals surface area contributed by atoms with Crippen LogP contribution in [0.3, 0.4) is 0 Å². The van der Waals surface area contributed by atoms with Crippen molar-refractivity contribution in [2.75, 3.05) is 36.4 Å². The Morgan fingerprint density at radius 2 is 2.10 bits per heavy atom. The highest BCUT2D eigenvalue weighted by molar-refractivity contribution is 5.94. The molecule has 2 N–H and O–H groups in total. The maximum absolute atomic E-state index is 12.7. The van der Waals surface area contributed by atoms with Gasteiger partial charge in [0, 0.05) is 26.2 Å². The Kier molecular flexibility index (Phi) is 4.77. The van der Waals surface area contributed by atoms with Crippen molar-refractivity contribution in [3.05, 3.63) is 18.3 Å². The van der Waals surface area contributed by atoms with Gasteiger partial charge >= 0.3 is 0 Å². The summed E-state index contributed by atoms with van der Waals surface area (Å²) in [6.07, 6.45) is 1.12. The fraction of sp³-hybridized carbons (Fsp3) is 0.538. The average molecular weight is 301 g/mol. The minimum atomic E-state index is -0.972. The average Bonchev–Trinajstić information content (AvgIpc) is 3.18. The third kappa shape index (κ3) is 3.37. The van der Waals surface area contributed by atoms with Crippen molar-refractivity contribution in [3.8, 4) is 0 Å². The van der Waals surface area contributed by atoms with Gasteiger partial charge in [0.25, 0.3) is 0 Å². The number of pyridine rings is 1. The second-order valence-electron chi connectivity index (χ2n) is 4.99. The Hall–Kier alpha value is -1.40. The Morgan fingerprint density at radius 1 is 1.40 bits per heavy atom. The van der Waals surface area contributed by atoms with Gasteiger partial charge in [0.15, 0.2) is 0 Å². The Labute approximate surface area is 123 Å². The number of carbonyl (C=O) groups excluding carboxylic acids is 1. The largest absolute Gasteiger partial charge is 0.368 e. The number of hydrogen-bond acceptors (Lipinski definition) is 4. The van der Waals surface area contributed by atoms with E-state index in [1.54, 1.807) is 12.3 Å². The molecule has 3 rings (SSSR count). The number of amides is 1. The molecule has 20 heavy (non-hydrogen) atoms. The molecule has 2 fully saturated rings. The van der Waals surface area contributed by atoms with Crippen LogP contribution in [0.15, 0.2) is 18.3 Å². The number of anilines is 2. The summed E-state index contributed by atoms with van der Waals surface area (Å²) in [5, 5.41) is 5.93. The van der Waals surface area contributed by atoms with E-state index in [2.05, 4.69) is 20.5 Å². The Balaban J connectivity index is 0.00000147. The van der Waals surface area contributed by atoms with Gasteiger partial charge in [0.05, 0.1) is 17.8 Å². The lowest BCUT2D eigenvalue weighted by Crippen LogP contribution is -2.43. The van der Waals surface area contributed by atoms with Crippen LogP contribution in [0.5, 0.6) is 0 Å². The first kappa shape index (κ1) is 15.0. The minimum absolute atomic E-state index is 0. The van der Waals surface area contributed by atoms with E-state index in [0.717, 1.165) is 31.9 Å². The summed E-state index contributed by atoms with van der Waals surface area (Å²) in [5.41, 5.74) is 1.05. The Morgan fingerprint density at radius 3 is 2.65 bits per heavy atom. The predicted octanol–water partition coefficient (Wildman–Crippen LogP) is 1.21. The second-order valence-corrected chi connectivity index (χ2v) is 4.99. The number of carbonyl (C=O) groups is 1.